The number of para-hydroxylation sites is 2. The second kappa shape index (κ2) is 5.02. The molecule has 0 aliphatic heterocycles. The first kappa shape index (κ1) is 12.7. The maximum atomic E-state index is 10.8. The molecule has 0 aliphatic carbocycles. The van der Waals surface area contributed by atoms with E-state index in [-0.39, 0.29) is 12.1 Å². The van der Waals surface area contributed by atoms with Crippen LogP contribution in [-0.2, 0) is 6.42 Å². The van der Waals surface area contributed by atoms with E-state index in [1.807, 2.05) is 24.3 Å². The molecule has 0 saturated carbocycles. The number of aromatic carboxylic acids is 1. The molecule has 0 atom stereocenters. The first-order valence-corrected chi connectivity index (χ1v) is 6.09. The minimum atomic E-state index is -1.14. The molecular weight excluding hydrogens is 270 g/mol. The molecule has 1 aromatic carbocycles. The monoisotopic (exact) mass is 279 g/mol. The third-order valence-electron chi connectivity index (χ3n) is 2.95. The van der Waals surface area contributed by atoms with Crippen molar-refractivity contribution in [2.24, 2.45) is 0 Å². The highest BCUT2D eigenvalue weighted by molar-refractivity contribution is 5.85. The van der Waals surface area contributed by atoms with Gasteiger partial charge < -0.3 is 5.11 Å². The van der Waals surface area contributed by atoms with Crippen molar-refractivity contribution in [2.75, 3.05) is 0 Å². The number of hydrogen-bond donors (Lipinski definition) is 1. The van der Waals surface area contributed by atoms with Gasteiger partial charge in [-0.25, -0.2) is 19.7 Å². The molecule has 2 heterocycles. The summed E-state index contributed by atoms with van der Waals surface area (Å²) in [7, 11) is 0. The lowest BCUT2D eigenvalue weighted by Gasteiger charge is -2.06. The van der Waals surface area contributed by atoms with Crippen molar-refractivity contribution in [1.82, 2.24) is 19.5 Å². The summed E-state index contributed by atoms with van der Waals surface area (Å²) >= 11 is 0. The van der Waals surface area contributed by atoms with Gasteiger partial charge in [-0.15, -0.1) is 0 Å². The molecule has 2 aromatic heterocycles. The standard InChI is InChI=1S/C14H9N5O2/c15-6-5-12-18-9-3-1-2-4-11(9)19(12)13-8-16-10(7-17-13)14(20)21/h1-4,7-8H,5H2,(H,20,21). The Kier molecular flexibility index (Phi) is 3.04. The van der Waals surface area contributed by atoms with Crippen LogP contribution >= 0.6 is 0 Å². The second-order valence-corrected chi connectivity index (χ2v) is 4.25. The van der Waals surface area contributed by atoms with Crippen LogP contribution in [-0.4, -0.2) is 30.6 Å². The Labute approximate surface area is 119 Å². The van der Waals surface area contributed by atoms with E-state index in [9.17, 15) is 4.79 Å². The van der Waals surface area contributed by atoms with E-state index in [0.29, 0.717) is 11.6 Å². The summed E-state index contributed by atoms with van der Waals surface area (Å²) in [5.74, 6) is -0.170. The van der Waals surface area contributed by atoms with Crippen molar-refractivity contribution >= 4 is 17.0 Å². The summed E-state index contributed by atoms with van der Waals surface area (Å²) in [6.07, 6.45) is 2.66. The lowest BCUT2D eigenvalue weighted by Crippen LogP contribution is -2.07. The van der Waals surface area contributed by atoms with Crippen LogP contribution < -0.4 is 0 Å². The number of benzene rings is 1. The molecule has 1 N–H and O–H groups in total. The first-order valence-electron chi connectivity index (χ1n) is 6.09. The Morgan fingerprint density at radius 2 is 2.10 bits per heavy atom. The molecule has 21 heavy (non-hydrogen) atoms. The van der Waals surface area contributed by atoms with E-state index in [1.165, 1.54) is 12.4 Å². The zero-order chi connectivity index (χ0) is 14.8. The topological polar surface area (TPSA) is 105 Å². The fourth-order valence-electron chi connectivity index (χ4n) is 2.07. The molecule has 0 saturated heterocycles. The first-order chi connectivity index (χ1) is 10.2. The van der Waals surface area contributed by atoms with Crippen LogP contribution in [0.3, 0.4) is 0 Å². The van der Waals surface area contributed by atoms with Crippen LogP contribution in [0.4, 0.5) is 0 Å². The molecule has 0 amide bonds. The average Bonchev–Trinajstić information content (AvgIpc) is 2.85. The van der Waals surface area contributed by atoms with Crippen LogP contribution in [0.2, 0.25) is 0 Å². The highest BCUT2D eigenvalue weighted by Crippen LogP contribution is 2.20. The van der Waals surface area contributed by atoms with Gasteiger partial charge in [0.1, 0.15) is 5.82 Å². The number of nitriles is 1. The van der Waals surface area contributed by atoms with Gasteiger partial charge in [0.2, 0.25) is 0 Å². The van der Waals surface area contributed by atoms with Crippen molar-refractivity contribution in [1.29, 1.82) is 5.26 Å². The molecule has 0 aliphatic rings. The molecular formula is C14H9N5O2. The van der Waals surface area contributed by atoms with E-state index in [0.717, 1.165) is 11.0 Å². The lowest BCUT2D eigenvalue weighted by atomic mass is 10.3. The van der Waals surface area contributed by atoms with Crippen LogP contribution in [0.25, 0.3) is 16.9 Å². The van der Waals surface area contributed by atoms with Crippen LogP contribution in [0.5, 0.6) is 0 Å². The molecule has 3 aromatic rings. The Hall–Kier alpha value is -3.27. The Balaban J connectivity index is 2.20. The maximum absolute atomic E-state index is 10.8. The van der Waals surface area contributed by atoms with Crippen molar-refractivity contribution in [3.63, 3.8) is 0 Å². The SMILES string of the molecule is N#CCc1nc2ccccc2n1-c1cnc(C(=O)O)cn1. The number of carbonyl (C=O) groups is 1. The van der Waals surface area contributed by atoms with E-state index in [2.05, 4.69) is 21.0 Å². The fourth-order valence-corrected chi connectivity index (χ4v) is 2.07. The number of fused-ring (bicyclic) bond motifs is 1. The van der Waals surface area contributed by atoms with Crippen LogP contribution in [0, 0.1) is 11.3 Å². The Bertz CT molecular complexity index is 861. The maximum Gasteiger partial charge on any atom is 0.356 e. The van der Waals surface area contributed by atoms with Gasteiger partial charge in [-0.05, 0) is 12.1 Å². The van der Waals surface area contributed by atoms with Gasteiger partial charge in [-0.1, -0.05) is 12.1 Å². The minimum Gasteiger partial charge on any atom is -0.476 e. The van der Waals surface area contributed by atoms with Gasteiger partial charge in [0.05, 0.1) is 35.9 Å². The Morgan fingerprint density at radius 3 is 2.76 bits per heavy atom. The molecule has 0 fully saturated rings. The number of hydrogen-bond acceptors (Lipinski definition) is 5. The van der Waals surface area contributed by atoms with Crippen LogP contribution in [0.1, 0.15) is 16.3 Å². The van der Waals surface area contributed by atoms with Gasteiger partial charge >= 0.3 is 5.97 Å². The van der Waals surface area contributed by atoms with Gasteiger partial charge in [0.25, 0.3) is 0 Å². The number of carboxylic acids is 1. The summed E-state index contributed by atoms with van der Waals surface area (Å²) in [4.78, 5) is 23.2. The van der Waals surface area contributed by atoms with Crippen LogP contribution in [0.15, 0.2) is 36.7 Å². The highest BCUT2D eigenvalue weighted by Gasteiger charge is 2.14. The van der Waals surface area contributed by atoms with Gasteiger partial charge in [0, 0.05) is 0 Å². The zero-order valence-electron chi connectivity index (χ0n) is 10.8. The second-order valence-electron chi connectivity index (χ2n) is 4.25. The third kappa shape index (κ3) is 2.19. The van der Waals surface area contributed by atoms with Gasteiger partial charge in [-0.3, -0.25) is 4.57 Å². The smallest absolute Gasteiger partial charge is 0.356 e. The van der Waals surface area contributed by atoms with E-state index >= 15 is 0 Å². The van der Waals surface area contributed by atoms with Crippen molar-refractivity contribution < 1.29 is 9.90 Å². The summed E-state index contributed by atoms with van der Waals surface area (Å²) in [6, 6.07) is 9.47. The molecule has 0 spiro atoms. The lowest BCUT2D eigenvalue weighted by molar-refractivity contribution is 0.0690. The summed E-state index contributed by atoms with van der Waals surface area (Å²) in [6.45, 7) is 0. The molecule has 0 radical (unpaired) electrons. The predicted molar refractivity (Wildman–Crippen MR) is 72.9 cm³/mol. The largest absolute Gasteiger partial charge is 0.476 e. The summed E-state index contributed by atoms with van der Waals surface area (Å²) < 4.78 is 1.71. The third-order valence-corrected chi connectivity index (χ3v) is 2.95. The zero-order valence-corrected chi connectivity index (χ0v) is 10.8. The molecule has 102 valence electrons. The number of nitrogens with zero attached hydrogens (tertiary/aromatic N) is 5. The Morgan fingerprint density at radius 1 is 1.29 bits per heavy atom. The van der Waals surface area contributed by atoms with E-state index in [4.69, 9.17) is 10.4 Å². The van der Waals surface area contributed by atoms with Gasteiger partial charge in [-0.2, -0.15) is 5.26 Å². The average molecular weight is 279 g/mol. The normalized spacial score (nSPS) is 10.4. The highest BCUT2D eigenvalue weighted by atomic mass is 16.4. The summed E-state index contributed by atoms with van der Waals surface area (Å²) in [5.41, 5.74) is 1.40. The quantitative estimate of drug-likeness (QED) is 0.780. The molecule has 0 unspecified atom stereocenters. The van der Waals surface area contributed by atoms with Crippen molar-refractivity contribution in [3.05, 3.63) is 48.2 Å². The van der Waals surface area contributed by atoms with E-state index in [1.54, 1.807) is 4.57 Å². The molecule has 0 bridgehead atoms. The molecule has 3 rings (SSSR count). The van der Waals surface area contributed by atoms with Crippen molar-refractivity contribution in [2.45, 2.75) is 6.42 Å². The number of imidazole rings is 1. The minimum absolute atomic E-state index is 0.122. The van der Waals surface area contributed by atoms with E-state index < -0.39 is 5.97 Å². The predicted octanol–water partition coefficient (Wildman–Crippen LogP) is 1.58. The number of carboxylic acid groups (broad SMARTS) is 1. The summed E-state index contributed by atoms with van der Waals surface area (Å²) in [5, 5.41) is 17.8. The number of rotatable bonds is 3. The van der Waals surface area contributed by atoms with Gasteiger partial charge in [0.15, 0.2) is 11.5 Å². The fraction of sp³-hybridized carbons (Fsp3) is 0.0714. The van der Waals surface area contributed by atoms with Crippen molar-refractivity contribution in [3.8, 4) is 11.9 Å². The molecule has 7 nitrogen and oxygen atoms in total. The molecule has 7 heteroatoms. The number of aromatic nitrogens is 4.